The molecule has 2 N–H and O–H groups in total. The van der Waals surface area contributed by atoms with Gasteiger partial charge >= 0.3 is 0 Å². The van der Waals surface area contributed by atoms with Crippen LogP contribution in [0.1, 0.15) is 11.8 Å². The number of rotatable bonds is 3. The molecule has 0 bridgehead atoms. The van der Waals surface area contributed by atoms with E-state index in [-0.39, 0.29) is 30.5 Å². The molecule has 2 atom stereocenters. The first kappa shape index (κ1) is 15.9. The molecule has 1 aliphatic heterocycles. The van der Waals surface area contributed by atoms with E-state index in [0.717, 1.165) is 15.2 Å². The molecule has 0 spiro atoms. The lowest BCUT2D eigenvalue weighted by Crippen LogP contribution is -2.55. The van der Waals surface area contributed by atoms with E-state index < -0.39 is 0 Å². The molecule has 1 fully saturated rings. The average molecular weight is 356 g/mol. The third-order valence-corrected chi connectivity index (χ3v) is 4.29. The van der Waals surface area contributed by atoms with E-state index in [1.807, 2.05) is 19.1 Å². The van der Waals surface area contributed by atoms with Gasteiger partial charge in [-0.15, -0.1) is 23.7 Å². The smallest absolute Gasteiger partial charge is 0.240 e. The van der Waals surface area contributed by atoms with E-state index in [4.69, 9.17) is 4.74 Å². The molecule has 0 unspecified atom stereocenters. The van der Waals surface area contributed by atoms with Crippen LogP contribution in [-0.4, -0.2) is 31.2 Å². The minimum Gasteiger partial charge on any atom is -0.375 e. The van der Waals surface area contributed by atoms with Gasteiger partial charge in [0.25, 0.3) is 0 Å². The monoisotopic (exact) mass is 354 g/mol. The van der Waals surface area contributed by atoms with Crippen molar-refractivity contribution >= 4 is 45.6 Å². The molecule has 1 amide bonds. The largest absolute Gasteiger partial charge is 0.375 e. The van der Waals surface area contributed by atoms with Gasteiger partial charge in [0.1, 0.15) is 6.04 Å². The predicted octanol–water partition coefficient (Wildman–Crippen LogP) is 1.93. The number of hydrogen-bond acceptors (Lipinski definition) is 4. The van der Waals surface area contributed by atoms with Crippen molar-refractivity contribution < 1.29 is 9.53 Å². The molecule has 1 saturated heterocycles. The van der Waals surface area contributed by atoms with Crippen LogP contribution in [0.3, 0.4) is 0 Å². The van der Waals surface area contributed by atoms with Gasteiger partial charge in [-0.25, -0.2) is 0 Å². The summed E-state index contributed by atoms with van der Waals surface area (Å²) in [5.74, 6) is 0.00159. The van der Waals surface area contributed by atoms with Crippen LogP contribution in [0, 0.1) is 0 Å². The van der Waals surface area contributed by atoms with Crippen LogP contribution >= 0.6 is 39.7 Å². The zero-order valence-electron chi connectivity index (χ0n) is 9.94. The van der Waals surface area contributed by atoms with Gasteiger partial charge in [-0.2, -0.15) is 0 Å². The molecule has 2 heterocycles. The van der Waals surface area contributed by atoms with Crippen molar-refractivity contribution in [1.29, 1.82) is 0 Å². The van der Waals surface area contributed by atoms with Crippen LogP contribution in [0.4, 0.5) is 0 Å². The Kier molecular flexibility index (Phi) is 6.59. The van der Waals surface area contributed by atoms with Crippen molar-refractivity contribution in [2.75, 3.05) is 13.2 Å². The summed E-state index contributed by atoms with van der Waals surface area (Å²) >= 11 is 5.03. The lowest BCUT2D eigenvalue weighted by molar-refractivity contribution is -0.129. The molecular formula is C11H16BrClN2O2S. The zero-order chi connectivity index (χ0) is 12.3. The molecule has 0 radical (unpaired) electrons. The van der Waals surface area contributed by atoms with Crippen molar-refractivity contribution in [2.45, 2.75) is 25.6 Å². The van der Waals surface area contributed by atoms with E-state index in [1.54, 1.807) is 11.3 Å². The Morgan fingerprint density at radius 3 is 3.06 bits per heavy atom. The number of amides is 1. The van der Waals surface area contributed by atoms with E-state index in [0.29, 0.717) is 13.2 Å². The highest BCUT2D eigenvalue weighted by Gasteiger charge is 2.27. The maximum absolute atomic E-state index is 11.9. The van der Waals surface area contributed by atoms with Gasteiger partial charge in [0.15, 0.2) is 0 Å². The number of morpholine rings is 1. The van der Waals surface area contributed by atoms with E-state index in [9.17, 15) is 4.79 Å². The van der Waals surface area contributed by atoms with Crippen LogP contribution in [0.2, 0.25) is 0 Å². The molecule has 0 aromatic carbocycles. The SMILES string of the molecule is C[C@H]1OCCN[C@@H]1C(=O)NCc1ccc(Br)s1.Cl. The minimum atomic E-state index is -0.243. The highest BCUT2D eigenvalue weighted by atomic mass is 79.9. The second-order valence-electron chi connectivity index (χ2n) is 3.93. The summed E-state index contributed by atoms with van der Waals surface area (Å²) < 4.78 is 6.52. The summed E-state index contributed by atoms with van der Waals surface area (Å²) in [4.78, 5) is 13.1. The molecule has 4 nitrogen and oxygen atoms in total. The van der Waals surface area contributed by atoms with Gasteiger partial charge in [0, 0.05) is 11.4 Å². The van der Waals surface area contributed by atoms with E-state index in [2.05, 4.69) is 26.6 Å². The summed E-state index contributed by atoms with van der Waals surface area (Å²) in [7, 11) is 0. The summed E-state index contributed by atoms with van der Waals surface area (Å²) in [5, 5.41) is 6.09. The standard InChI is InChI=1S/C11H15BrN2O2S.ClH/c1-7-10(13-4-5-16-7)11(15)14-6-8-2-3-9(12)17-8;/h2-3,7,10,13H,4-6H2,1H3,(H,14,15);1H/t7-,10+;/m1./s1. The Hall–Kier alpha value is -0.140. The number of ether oxygens (including phenoxy) is 1. The molecule has 2 rings (SSSR count). The lowest BCUT2D eigenvalue weighted by atomic mass is 10.1. The van der Waals surface area contributed by atoms with Crippen molar-refractivity contribution in [3.05, 3.63) is 20.8 Å². The normalized spacial score (nSPS) is 23.2. The van der Waals surface area contributed by atoms with Crippen LogP contribution in [0.25, 0.3) is 0 Å². The van der Waals surface area contributed by atoms with Crippen molar-refractivity contribution in [3.63, 3.8) is 0 Å². The maximum Gasteiger partial charge on any atom is 0.240 e. The number of thiophene rings is 1. The van der Waals surface area contributed by atoms with E-state index >= 15 is 0 Å². The maximum atomic E-state index is 11.9. The lowest BCUT2D eigenvalue weighted by Gasteiger charge is -2.29. The van der Waals surface area contributed by atoms with Gasteiger partial charge in [0.2, 0.25) is 5.91 Å². The second-order valence-corrected chi connectivity index (χ2v) is 6.48. The van der Waals surface area contributed by atoms with Gasteiger partial charge in [-0.3, -0.25) is 4.79 Å². The van der Waals surface area contributed by atoms with Crippen LogP contribution in [-0.2, 0) is 16.1 Å². The quantitative estimate of drug-likeness (QED) is 0.871. The first-order valence-corrected chi connectivity index (χ1v) is 7.14. The number of hydrogen-bond donors (Lipinski definition) is 2. The number of nitrogens with one attached hydrogen (secondary N) is 2. The number of carbonyl (C=O) groups excluding carboxylic acids is 1. The van der Waals surface area contributed by atoms with Crippen molar-refractivity contribution in [2.24, 2.45) is 0 Å². The first-order valence-electron chi connectivity index (χ1n) is 5.54. The number of halogens is 2. The summed E-state index contributed by atoms with van der Waals surface area (Å²) in [5.41, 5.74) is 0. The molecular weight excluding hydrogens is 340 g/mol. The van der Waals surface area contributed by atoms with Crippen LogP contribution < -0.4 is 10.6 Å². The Balaban J connectivity index is 0.00000162. The molecule has 1 aliphatic rings. The topological polar surface area (TPSA) is 50.4 Å². The minimum absolute atomic E-state index is 0. The highest BCUT2D eigenvalue weighted by molar-refractivity contribution is 9.11. The summed E-state index contributed by atoms with van der Waals surface area (Å²) in [6.07, 6.45) is -0.0705. The second kappa shape index (κ2) is 7.45. The third-order valence-electron chi connectivity index (χ3n) is 2.66. The van der Waals surface area contributed by atoms with Crippen LogP contribution in [0.15, 0.2) is 15.9 Å². The Labute approximate surface area is 125 Å². The van der Waals surface area contributed by atoms with Gasteiger partial charge in [0.05, 0.1) is 23.0 Å². The Morgan fingerprint density at radius 1 is 1.67 bits per heavy atom. The molecule has 18 heavy (non-hydrogen) atoms. The van der Waals surface area contributed by atoms with Gasteiger partial charge in [-0.05, 0) is 35.0 Å². The summed E-state index contributed by atoms with van der Waals surface area (Å²) in [6, 6.07) is 3.74. The highest BCUT2D eigenvalue weighted by Crippen LogP contribution is 2.21. The fourth-order valence-electron chi connectivity index (χ4n) is 1.76. The third kappa shape index (κ3) is 4.20. The first-order chi connectivity index (χ1) is 8.16. The Morgan fingerprint density at radius 2 is 2.44 bits per heavy atom. The van der Waals surface area contributed by atoms with Crippen molar-refractivity contribution in [1.82, 2.24) is 10.6 Å². The van der Waals surface area contributed by atoms with Gasteiger partial charge < -0.3 is 15.4 Å². The molecule has 0 aliphatic carbocycles. The van der Waals surface area contributed by atoms with Crippen LogP contribution in [0.5, 0.6) is 0 Å². The van der Waals surface area contributed by atoms with Gasteiger partial charge in [-0.1, -0.05) is 0 Å². The van der Waals surface area contributed by atoms with E-state index in [1.165, 1.54) is 0 Å². The molecule has 7 heteroatoms. The Bertz CT molecular complexity index is 402. The molecule has 1 aromatic rings. The fourth-order valence-corrected chi connectivity index (χ4v) is 3.18. The van der Waals surface area contributed by atoms with Crippen molar-refractivity contribution in [3.8, 4) is 0 Å². The molecule has 0 saturated carbocycles. The average Bonchev–Trinajstić information content (AvgIpc) is 2.73. The fraction of sp³-hybridized carbons (Fsp3) is 0.545. The molecule has 102 valence electrons. The zero-order valence-corrected chi connectivity index (χ0v) is 13.2. The number of carbonyl (C=O) groups is 1. The predicted molar refractivity (Wildman–Crippen MR) is 78.3 cm³/mol. The molecule has 1 aromatic heterocycles. The summed E-state index contributed by atoms with van der Waals surface area (Å²) in [6.45, 7) is 3.88.